The zero-order valence-corrected chi connectivity index (χ0v) is 13.0. The van der Waals surface area contributed by atoms with Crippen LogP contribution in [0.25, 0.3) is 0 Å². The summed E-state index contributed by atoms with van der Waals surface area (Å²) in [4.78, 5) is -0.333. The maximum absolute atomic E-state index is 13.6. The number of alkyl halides is 3. The first-order valence-electron chi connectivity index (χ1n) is 5.06. The van der Waals surface area contributed by atoms with Crippen LogP contribution in [0.4, 0.5) is 13.2 Å². The minimum Gasteiger partial charge on any atom is -0.375 e. The van der Waals surface area contributed by atoms with Crippen molar-refractivity contribution >= 4 is 43.5 Å². The lowest BCUT2D eigenvalue weighted by atomic mass is 10.1. The Morgan fingerprint density at radius 1 is 1.33 bits per heavy atom. The molecule has 0 saturated carbocycles. The average Bonchev–Trinajstić information content (AvgIpc) is 2.28. The van der Waals surface area contributed by atoms with Crippen LogP contribution in [0.2, 0.25) is 5.02 Å². The standard InChI is InChI=1S/C11H10Br2ClF3O/c12-7(1-2-18-5-11(16)17)6-3-9(14)8(13)4-10(6)15/h3-4,7,11H,1-2,5H2. The van der Waals surface area contributed by atoms with E-state index in [2.05, 4.69) is 31.9 Å². The number of benzene rings is 1. The van der Waals surface area contributed by atoms with Gasteiger partial charge in [-0.2, -0.15) is 0 Å². The fourth-order valence-electron chi connectivity index (χ4n) is 1.29. The number of hydrogen-bond acceptors (Lipinski definition) is 1. The molecule has 0 N–H and O–H groups in total. The van der Waals surface area contributed by atoms with Gasteiger partial charge in [-0.05, 0) is 34.5 Å². The summed E-state index contributed by atoms with van der Waals surface area (Å²) < 4.78 is 42.5. The molecule has 1 aromatic carbocycles. The third-order valence-electron chi connectivity index (χ3n) is 2.14. The van der Waals surface area contributed by atoms with Crippen LogP contribution in [-0.4, -0.2) is 19.6 Å². The Bertz CT molecular complexity index is 404. The van der Waals surface area contributed by atoms with Crippen LogP contribution in [0.5, 0.6) is 0 Å². The van der Waals surface area contributed by atoms with Gasteiger partial charge in [0.05, 0.1) is 5.02 Å². The first-order chi connectivity index (χ1) is 8.41. The Morgan fingerprint density at radius 2 is 2.00 bits per heavy atom. The second kappa shape index (κ2) is 7.72. The monoisotopic (exact) mass is 408 g/mol. The van der Waals surface area contributed by atoms with Crippen LogP contribution in [0.3, 0.4) is 0 Å². The average molecular weight is 410 g/mol. The van der Waals surface area contributed by atoms with Crippen molar-refractivity contribution in [2.75, 3.05) is 13.2 Å². The molecule has 18 heavy (non-hydrogen) atoms. The van der Waals surface area contributed by atoms with Crippen LogP contribution < -0.4 is 0 Å². The molecule has 0 aliphatic carbocycles. The Morgan fingerprint density at radius 3 is 2.61 bits per heavy atom. The fraction of sp³-hybridized carbons (Fsp3) is 0.455. The van der Waals surface area contributed by atoms with Crippen molar-refractivity contribution in [3.05, 3.63) is 33.0 Å². The number of hydrogen-bond donors (Lipinski definition) is 0. The van der Waals surface area contributed by atoms with Crippen molar-refractivity contribution in [3.8, 4) is 0 Å². The lowest BCUT2D eigenvalue weighted by Crippen LogP contribution is -2.07. The van der Waals surface area contributed by atoms with Crippen molar-refractivity contribution in [1.29, 1.82) is 0 Å². The molecule has 1 unspecified atom stereocenters. The summed E-state index contributed by atoms with van der Waals surface area (Å²) in [5.74, 6) is -0.415. The minimum atomic E-state index is -2.49. The van der Waals surface area contributed by atoms with Gasteiger partial charge in [-0.25, -0.2) is 13.2 Å². The molecule has 0 amide bonds. The Hall–Kier alpha value is 0.220. The second-order valence-electron chi connectivity index (χ2n) is 3.51. The molecule has 0 spiro atoms. The maximum atomic E-state index is 13.6. The van der Waals surface area contributed by atoms with E-state index in [1.54, 1.807) is 0 Å². The molecule has 0 aliphatic heterocycles. The smallest absolute Gasteiger partial charge is 0.261 e. The molecular weight excluding hydrogens is 400 g/mol. The molecule has 1 nitrogen and oxygen atoms in total. The predicted molar refractivity (Wildman–Crippen MR) is 72.2 cm³/mol. The Labute approximate surface area is 125 Å². The molecule has 0 fully saturated rings. The van der Waals surface area contributed by atoms with E-state index < -0.39 is 18.8 Å². The summed E-state index contributed by atoms with van der Waals surface area (Å²) >= 11 is 12.3. The largest absolute Gasteiger partial charge is 0.375 e. The summed E-state index contributed by atoms with van der Waals surface area (Å²) in [6.45, 7) is -0.489. The summed E-state index contributed by atoms with van der Waals surface area (Å²) in [7, 11) is 0. The zero-order valence-electron chi connectivity index (χ0n) is 9.11. The van der Waals surface area contributed by atoms with E-state index in [9.17, 15) is 13.2 Å². The topological polar surface area (TPSA) is 9.23 Å². The summed E-state index contributed by atoms with van der Waals surface area (Å²) in [6.07, 6.45) is -2.11. The van der Waals surface area contributed by atoms with E-state index in [1.807, 2.05) is 0 Å². The van der Waals surface area contributed by atoms with Crippen LogP contribution in [-0.2, 0) is 4.74 Å². The van der Waals surface area contributed by atoms with Gasteiger partial charge in [0.15, 0.2) is 0 Å². The van der Waals surface area contributed by atoms with Crippen molar-refractivity contribution in [1.82, 2.24) is 0 Å². The van der Waals surface area contributed by atoms with Crippen LogP contribution >= 0.6 is 43.5 Å². The quantitative estimate of drug-likeness (QED) is 0.349. The molecule has 1 aromatic rings. The van der Waals surface area contributed by atoms with Gasteiger partial charge in [0.1, 0.15) is 12.4 Å². The van der Waals surface area contributed by atoms with Crippen LogP contribution in [0.1, 0.15) is 16.8 Å². The number of halogens is 6. The van der Waals surface area contributed by atoms with Crippen LogP contribution in [0, 0.1) is 5.82 Å². The van der Waals surface area contributed by atoms with E-state index in [1.165, 1.54) is 12.1 Å². The van der Waals surface area contributed by atoms with Gasteiger partial charge in [0.2, 0.25) is 0 Å². The molecule has 102 valence electrons. The van der Waals surface area contributed by atoms with E-state index >= 15 is 0 Å². The van der Waals surface area contributed by atoms with Crippen molar-refractivity contribution < 1.29 is 17.9 Å². The van der Waals surface area contributed by atoms with Gasteiger partial charge in [-0.3, -0.25) is 0 Å². The van der Waals surface area contributed by atoms with Gasteiger partial charge >= 0.3 is 0 Å². The highest BCUT2D eigenvalue weighted by Crippen LogP contribution is 2.34. The highest BCUT2D eigenvalue weighted by Gasteiger charge is 2.15. The minimum absolute atomic E-state index is 0.118. The van der Waals surface area contributed by atoms with E-state index in [-0.39, 0.29) is 11.4 Å². The first-order valence-corrected chi connectivity index (χ1v) is 7.15. The third kappa shape index (κ3) is 5.07. The zero-order chi connectivity index (χ0) is 13.7. The lowest BCUT2D eigenvalue weighted by molar-refractivity contribution is 0.0167. The molecule has 0 radical (unpaired) electrons. The maximum Gasteiger partial charge on any atom is 0.261 e. The van der Waals surface area contributed by atoms with Gasteiger partial charge in [0.25, 0.3) is 6.43 Å². The summed E-state index contributed by atoms with van der Waals surface area (Å²) in [5, 5.41) is 0.393. The Kier molecular flexibility index (Phi) is 6.98. The van der Waals surface area contributed by atoms with E-state index in [0.29, 0.717) is 21.5 Å². The molecule has 1 atom stereocenters. The van der Waals surface area contributed by atoms with Crippen molar-refractivity contribution in [3.63, 3.8) is 0 Å². The SMILES string of the molecule is Fc1cc(Br)c(Cl)cc1C(Br)CCOCC(F)F. The molecule has 7 heteroatoms. The molecule has 0 aromatic heterocycles. The Balaban J connectivity index is 2.56. The lowest BCUT2D eigenvalue weighted by Gasteiger charge is -2.12. The number of ether oxygens (including phenoxy) is 1. The number of rotatable bonds is 6. The third-order valence-corrected chi connectivity index (χ3v) is 4.28. The van der Waals surface area contributed by atoms with Gasteiger partial charge < -0.3 is 4.74 Å². The molecule has 0 aliphatic rings. The fourth-order valence-corrected chi connectivity index (χ4v) is 2.32. The van der Waals surface area contributed by atoms with Gasteiger partial charge in [-0.15, -0.1) is 0 Å². The normalized spacial score (nSPS) is 13.1. The highest BCUT2D eigenvalue weighted by molar-refractivity contribution is 9.10. The molecule has 0 heterocycles. The molecular formula is C11H10Br2ClF3O. The summed E-state index contributed by atoms with van der Waals surface area (Å²) in [5.41, 5.74) is 0.379. The van der Waals surface area contributed by atoms with Crippen molar-refractivity contribution in [2.45, 2.75) is 17.7 Å². The van der Waals surface area contributed by atoms with E-state index in [4.69, 9.17) is 16.3 Å². The first kappa shape index (κ1) is 16.3. The van der Waals surface area contributed by atoms with Crippen molar-refractivity contribution in [2.24, 2.45) is 0 Å². The van der Waals surface area contributed by atoms with Gasteiger partial charge in [0, 0.05) is 21.5 Å². The predicted octanol–water partition coefficient (Wildman–Crippen LogP) is 5.35. The molecule has 1 rings (SSSR count). The van der Waals surface area contributed by atoms with E-state index in [0.717, 1.165) is 0 Å². The highest BCUT2D eigenvalue weighted by atomic mass is 79.9. The second-order valence-corrected chi connectivity index (χ2v) is 5.88. The molecule has 0 saturated heterocycles. The molecule has 0 bridgehead atoms. The van der Waals surface area contributed by atoms with Gasteiger partial charge in [-0.1, -0.05) is 27.5 Å². The van der Waals surface area contributed by atoms with Crippen LogP contribution in [0.15, 0.2) is 16.6 Å². The summed E-state index contributed by atoms with van der Waals surface area (Å²) in [6, 6.07) is 2.76.